The number of unbranched alkanes of at least 4 members (excludes halogenated alkanes) is 1. The summed E-state index contributed by atoms with van der Waals surface area (Å²) in [5.74, 6) is 0.157. The fraction of sp³-hybridized carbons (Fsp3) is 0.350. The van der Waals surface area contributed by atoms with Gasteiger partial charge >= 0.3 is 0 Å². The Labute approximate surface area is 139 Å². The molecule has 0 spiro atoms. The summed E-state index contributed by atoms with van der Waals surface area (Å²) in [6.45, 7) is 4.49. The van der Waals surface area contributed by atoms with Crippen molar-refractivity contribution in [1.29, 1.82) is 0 Å². The summed E-state index contributed by atoms with van der Waals surface area (Å²) in [6, 6.07) is 20.0. The molecule has 0 aliphatic rings. The highest BCUT2D eigenvalue weighted by Gasteiger charge is 2.15. The van der Waals surface area contributed by atoms with Crippen LogP contribution in [0.25, 0.3) is 0 Å². The minimum Gasteiger partial charge on any atom is -0.316 e. The van der Waals surface area contributed by atoms with Crippen molar-refractivity contribution >= 4 is 11.6 Å². The molecule has 3 nitrogen and oxygen atoms in total. The summed E-state index contributed by atoms with van der Waals surface area (Å²) in [5, 5.41) is 3.34. The molecule has 122 valence electrons. The van der Waals surface area contributed by atoms with E-state index >= 15 is 0 Å². The molecule has 1 amide bonds. The molecule has 3 heteroatoms. The Morgan fingerprint density at radius 1 is 0.957 bits per heavy atom. The highest BCUT2D eigenvalue weighted by molar-refractivity contribution is 5.93. The van der Waals surface area contributed by atoms with Crippen molar-refractivity contribution in [2.24, 2.45) is 0 Å². The van der Waals surface area contributed by atoms with Gasteiger partial charge in [-0.15, -0.1) is 0 Å². The van der Waals surface area contributed by atoms with Gasteiger partial charge in [-0.1, -0.05) is 61.9 Å². The smallest absolute Gasteiger partial charge is 0.228 e. The molecule has 0 saturated carbocycles. The van der Waals surface area contributed by atoms with Gasteiger partial charge in [-0.3, -0.25) is 4.79 Å². The van der Waals surface area contributed by atoms with E-state index in [1.807, 2.05) is 53.4 Å². The minimum atomic E-state index is 0.157. The Kier molecular flexibility index (Phi) is 7.34. The molecule has 0 aliphatic carbocycles. The van der Waals surface area contributed by atoms with Gasteiger partial charge < -0.3 is 10.2 Å². The zero-order valence-electron chi connectivity index (χ0n) is 13.9. The molecule has 23 heavy (non-hydrogen) atoms. The van der Waals surface area contributed by atoms with E-state index in [2.05, 4.69) is 24.4 Å². The highest BCUT2D eigenvalue weighted by atomic mass is 16.2. The first kappa shape index (κ1) is 17.2. The van der Waals surface area contributed by atoms with E-state index in [-0.39, 0.29) is 5.91 Å². The molecule has 0 fully saturated rings. The summed E-state index contributed by atoms with van der Waals surface area (Å²) >= 11 is 0. The third kappa shape index (κ3) is 5.87. The van der Waals surface area contributed by atoms with Crippen LogP contribution in [0.1, 0.15) is 31.7 Å². The Morgan fingerprint density at radius 3 is 2.26 bits per heavy atom. The number of carbonyl (C=O) groups excluding carboxylic acids is 1. The number of anilines is 1. The van der Waals surface area contributed by atoms with Crippen LogP contribution in [-0.4, -0.2) is 19.0 Å². The first-order valence-corrected chi connectivity index (χ1v) is 8.41. The van der Waals surface area contributed by atoms with Crippen LogP contribution in [0.3, 0.4) is 0 Å². The Morgan fingerprint density at radius 2 is 1.61 bits per heavy atom. The lowest BCUT2D eigenvalue weighted by atomic mass is 10.2. The number of carbonyl (C=O) groups is 1. The second kappa shape index (κ2) is 9.80. The van der Waals surface area contributed by atoms with Crippen molar-refractivity contribution in [2.75, 3.05) is 18.0 Å². The maximum absolute atomic E-state index is 12.7. The Hall–Kier alpha value is -2.13. The molecule has 0 aromatic heterocycles. The third-order valence-corrected chi connectivity index (χ3v) is 3.78. The fourth-order valence-electron chi connectivity index (χ4n) is 2.45. The van der Waals surface area contributed by atoms with Gasteiger partial charge in [-0.05, 0) is 30.7 Å². The lowest BCUT2D eigenvalue weighted by molar-refractivity contribution is -0.118. The van der Waals surface area contributed by atoms with Gasteiger partial charge in [0.1, 0.15) is 0 Å². The molecule has 0 atom stereocenters. The molecule has 0 saturated heterocycles. The van der Waals surface area contributed by atoms with Crippen molar-refractivity contribution in [3.8, 4) is 0 Å². The zero-order chi connectivity index (χ0) is 16.3. The molecule has 1 N–H and O–H groups in total. The van der Waals surface area contributed by atoms with Crippen LogP contribution >= 0.6 is 0 Å². The van der Waals surface area contributed by atoms with Crippen LogP contribution in [0.5, 0.6) is 0 Å². The molecule has 0 bridgehead atoms. The normalized spacial score (nSPS) is 10.5. The maximum Gasteiger partial charge on any atom is 0.228 e. The van der Waals surface area contributed by atoms with Crippen LogP contribution < -0.4 is 10.2 Å². The molecule has 2 rings (SSSR count). The number of hydrogen-bond acceptors (Lipinski definition) is 2. The monoisotopic (exact) mass is 310 g/mol. The van der Waals surface area contributed by atoms with Gasteiger partial charge in [0.25, 0.3) is 0 Å². The number of amides is 1. The van der Waals surface area contributed by atoms with Crippen LogP contribution in [0.4, 0.5) is 5.69 Å². The van der Waals surface area contributed by atoms with E-state index in [9.17, 15) is 4.79 Å². The summed E-state index contributed by atoms with van der Waals surface area (Å²) in [4.78, 5) is 14.5. The van der Waals surface area contributed by atoms with Gasteiger partial charge in [0.2, 0.25) is 5.91 Å². The summed E-state index contributed by atoms with van der Waals surface area (Å²) in [5.41, 5.74) is 2.10. The topological polar surface area (TPSA) is 32.3 Å². The average molecular weight is 310 g/mol. The highest BCUT2D eigenvalue weighted by Crippen LogP contribution is 2.17. The number of nitrogens with one attached hydrogen (secondary N) is 1. The number of hydrogen-bond donors (Lipinski definition) is 1. The lowest BCUT2D eigenvalue weighted by Gasteiger charge is -2.23. The van der Waals surface area contributed by atoms with E-state index < -0.39 is 0 Å². The quantitative estimate of drug-likeness (QED) is 0.710. The van der Waals surface area contributed by atoms with Crippen molar-refractivity contribution in [1.82, 2.24) is 5.32 Å². The Bertz CT molecular complexity index is 569. The van der Waals surface area contributed by atoms with Gasteiger partial charge in [0.05, 0.1) is 6.54 Å². The maximum atomic E-state index is 12.7. The third-order valence-electron chi connectivity index (χ3n) is 3.78. The predicted molar refractivity (Wildman–Crippen MR) is 96.5 cm³/mol. The zero-order valence-corrected chi connectivity index (χ0v) is 13.9. The largest absolute Gasteiger partial charge is 0.316 e. The fourth-order valence-corrected chi connectivity index (χ4v) is 2.45. The van der Waals surface area contributed by atoms with Gasteiger partial charge in [-0.25, -0.2) is 0 Å². The number of nitrogens with zero attached hydrogens (tertiary/aromatic N) is 1. The predicted octanol–water partition coefficient (Wildman–Crippen LogP) is 4.00. The number of benzene rings is 2. The van der Waals surface area contributed by atoms with Gasteiger partial charge in [0, 0.05) is 18.7 Å². The van der Waals surface area contributed by atoms with E-state index in [0.717, 1.165) is 30.8 Å². The lowest BCUT2D eigenvalue weighted by Crippen LogP contribution is -2.33. The molecule has 0 aliphatic heterocycles. The second-order valence-electron chi connectivity index (χ2n) is 5.65. The van der Waals surface area contributed by atoms with Gasteiger partial charge in [-0.2, -0.15) is 0 Å². The van der Waals surface area contributed by atoms with Crippen LogP contribution in [0.2, 0.25) is 0 Å². The molecule has 2 aromatic carbocycles. The van der Waals surface area contributed by atoms with Crippen molar-refractivity contribution < 1.29 is 4.79 Å². The van der Waals surface area contributed by atoms with E-state index in [4.69, 9.17) is 0 Å². The van der Waals surface area contributed by atoms with Crippen LogP contribution in [-0.2, 0) is 11.3 Å². The molecular formula is C20H26N2O. The SMILES string of the molecule is CCCCNCCC(=O)N(Cc1ccccc1)c1ccccc1. The first-order valence-electron chi connectivity index (χ1n) is 8.41. The molecule has 0 unspecified atom stereocenters. The Balaban J connectivity index is 2.00. The molecule has 2 aromatic rings. The first-order chi connectivity index (χ1) is 11.3. The standard InChI is InChI=1S/C20H26N2O/c1-2-3-15-21-16-14-20(23)22(19-12-8-5-9-13-19)17-18-10-6-4-7-11-18/h4-13,21H,2-3,14-17H2,1H3. The summed E-state index contributed by atoms with van der Waals surface area (Å²) < 4.78 is 0. The minimum absolute atomic E-state index is 0.157. The van der Waals surface area contributed by atoms with Crippen molar-refractivity contribution in [3.05, 3.63) is 66.2 Å². The van der Waals surface area contributed by atoms with Crippen LogP contribution in [0.15, 0.2) is 60.7 Å². The number of para-hydroxylation sites is 1. The summed E-state index contributed by atoms with van der Waals surface area (Å²) in [7, 11) is 0. The average Bonchev–Trinajstić information content (AvgIpc) is 2.61. The second-order valence-corrected chi connectivity index (χ2v) is 5.65. The summed E-state index contributed by atoms with van der Waals surface area (Å²) in [6.07, 6.45) is 2.84. The number of rotatable bonds is 9. The van der Waals surface area contributed by atoms with E-state index in [1.165, 1.54) is 6.42 Å². The van der Waals surface area contributed by atoms with Gasteiger partial charge in [0.15, 0.2) is 0 Å². The van der Waals surface area contributed by atoms with E-state index in [0.29, 0.717) is 13.0 Å². The molecule has 0 heterocycles. The van der Waals surface area contributed by atoms with Crippen molar-refractivity contribution in [2.45, 2.75) is 32.7 Å². The molecular weight excluding hydrogens is 284 g/mol. The van der Waals surface area contributed by atoms with Crippen LogP contribution in [0, 0.1) is 0 Å². The van der Waals surface area contributed by atoms with E-state index in [1.54, 1.807) is 0 Å². The molecule has 0 radical (unpaired) electrons. The van der Waals surface area contributed by atoms with Crippen molar-refractivity contribution in [3.63, 3.8) is 0 Å².